The minimum atomic E-state index is -3.69. The zero-order chi connectivity index (χ0) is 19.0. The van der Waals surface area contributed by atoms with Gasteiger partial charge in [0, 0.05) is 19.5 Å². The number of benzene rings is 1. The van der Waals surface area contributed by atoms with Crippen LogP contribution in [0.5, 0.6) is 0 Å². The number of nitrogens with one attached hydrogen (secondary N) is 2. The maximum absolute atomic E-state index is 11.8. The highest BCUT2D eigenvalue weighted by Gasteiger charge is 2.08. The third kappa shape index (κ3) is 6.34. The quantitative estimate of drug-likeness (QED) is 0.555. The van der Waals surface area contributed by atoms with Gasteiger partial charge < -0.3 is 15.1 Å². The lowest BCUT2D eigenvalue weighted by molar-refractivity contribution is -0.121. The van der Waals surface area contributed by atoms with Crippen molar-refractivity contribution in [3.63, 3.8) is 0 Å². The van der Waals surface area contributed by atoms with Crippen molar-refractivity contribution in [1.29, 1.82) is 0 Å². The van der Waals surface area contributed by atoms with Gasteiger partial charge in [0.1, 0.15) is 0 Å². The van der Waals surface area contributed by atoms with Gasteiger partial charge in [0.05, 0.1) is 11.2 Å². The molecule has 0 spiro atoms. The number of carbonyl (C=O) groups is 2. The molecule has 0 aliphatic heterocycles. The van der Waals surface area contributed by atoms with Gasteiger partial charge in [-0.1, -0.05) is 12.1 Å². The van der Waals surface area contributed by atoms with E-state index in [4.69, 9.17) is 9.56 Å². The summed E-state index contributed by atoms with van der Waals surface area (Å²) in [6, 6.07) is 9.40. The minimum Gasteiger partial charge on any atom is -0.459 e. The Bertz CT molecular complexity index is 830. The van der Waals surface area contributed by atoms with Crippen molar-refractivity contribution >= 4 is 21.8 Å². The molecule has 26 heavy (non-hydrogen) atoms. The second-order valence-corrected chi connectivity index (χ2v) is 7.19. The molecule has 4 N–H and O–H groups in total. The van der Waals surface area contributed by atoms with Crippen LogP contribution in [0.25, 0.3) is 0 Å². The molecule has 0 aliphatic rings. The summed E-state index contributed by atoms with van der Waals surface area (Å²) in [6.07, 6.45) is 2.81. The van der Waals surface area contributed by atoms with Crippen molar-refractivity contribution in [3.05, 3.63) is 54.0 Å². The summed E-state index contributed by atoms with van der Waals surface area (Å²) >= 11 is 0. The van der Waals surface area contributed by atoms with Crippen molar-refractivity contribution in [2.75, 3.05) is 13.1 Å². The van der Waals surface area contributed by atoms with Gasteiger partial charge in [0.25, 0.3) is 5.91 Å². The van der Waals surface area contributed by atoms with Gasteiger partial charge in [-0.2, -0.15) is 0 Å². The molecule has 1 heterocycles. The van der Waals surface area contributed by atoms with Crippen LogP contribution < -0.4 is 15.8 Å². The van der Waals surface area contributed by atoms with Gasteiger partial charge in [-0.3, -0.25) is 9.59 Å². The molecule has 0 aliphatic carbocycles. The molecule has 0 radical (unpaired) electrons. The van der Waals surface area contributed by atoms with Gasteiger partial charge in [-0.15, -0.1) is 0 Å². The Labute approximate surface area is 151 Å². The molecule has 2 amide bonds. The van der Waals surface area contributed by atoms with E-state index < -0.39 is 10.0 Å². The number of nitrogens with two attached hydrogens (primary N) is 1. The summed E-state index contributed by atoms with van der Waals surface area (Å²) in [7, 11) is -3.69. The molecular formula is C17H21N3O5S. The lowest BCUT2D eigenvalue weighted by Gasteiger charge is -2.07. The van der Waals surface area contributed by atoms with Crippen LogP contribution in [0.2, 0.25) is 0 Å². The Morgan fingerprint density at radius 1 is 1.04 bits per heavy atom. The highest BCUT2D eigenvalue weighted by molar-refractivity contribution is 7.89. The van der Waals surface area contributed by atoms with E-state index in [1.165, 1.54) is 18.4 Å². The van der Waals surface area contributed by atoms with Crippen LogP contribution in [0.1, 0.15) is 29.0 Å². The molecule has 140 valence electrons. The summed E-state index contributed by atoms with van der Waals surface area (Å²) < 4.78 is 27.3. The van der Waals surface area contributed by atoms with E-state index >= 15 is 0 Å². The molecular weight excluding hydrogens is 358 g/mol. The maximum Gasteiger partial charge on any atom is 0.286 e. The van der Waals surface area contributed by atoms with Crippen LogP contribution in [0.15, 0.2) is 52.0 Å². The van der Waals surface area contributed by atoms with Gasteiger partial charge in [-0.25, -0.2) is 13.6 Å². The van der Waals surface area contributed by atoms with Crippen LogP contribution in [-0.4, -0.2) is 33.3 Å². The average molecular weight is 379 g/mol. The molecule has 2 rings (SSSR count). The van der Waals surface area contributed by atoms with E-state index in [9.17, 15) is 18.0 Å². The van der Waals surface area contributed by atoms with Crippen molar-refractivity contribution < 1.29 is 22.4 Å². The first kappa shape index (κ1) is 19.7. The fourth-order valence-corrected chi connectivity index (χ4v) is 2.74. The molecule has 8 nitrogen and oxygen atoms in total. The molecule has 0 saturated carbocycles. The lowest BCUT2D eigenvalue weighted by atomic mass is 10.1. The SMILES string of the molecule is NS(=O)(=O)c1ccc(CCNC(=O)CCCNC(=O)c2ccco2)cc1. The van der Waals surface area contributed by atoms with Gasteiger partial charge in [-0.05, 0) is 42.7 Å². The number of carbonyl (C=O) groups excluding carboxylic acids is 2. The molecule has 0 saturated heterocycles. The van der Waals surface area contributed by atoms with Crippen molar-refractivity contribution in [1.82, 2.24) is 10.6 Å². The summed E-state index contributed by atoms with van der Waals surface area (Å²) in [5.74, 6) is -0.181. The maximum atomic E-state index is 11.8. The lowest BCUT2D eigenvalue weighted by Crippen LogP contribution is -2.28. The topological polar surface area (TPSA) is 132 Å². The van der Waals surface area contributed by atoms with Crippen LogP contribution in [0, 0.1) is 0 Å². The predicted octanol–water partition coefficient (Wildman–Crippen LogP) is 0.796. The molecule has 0 fully saturated rings. The number of sulfonamides is 1. The fraction of sp³-hybridized carbons (Fsp3) is 0.294. The van der Waals surface area contributed by atoms with Crippen molar-refractivity contribution in [2.45, 2.75) is 24.2 Å². The van der Waals surface area contributed by atoms with Crippen LogP contribution >= 0.6 is 0 Å². The standard InChI is InChI=1S/C17H21N3O5S/c18-26(23,24)14-7-5-13(6-8-14)9-11-19-16(21)4-1-10-20-17(22)15-3-2-12-25-15/h2-3,5-8,12H,1,4,9-11H2,(H,19,21)(H,20,22)(H2,18,23,24). The molecule has 0 unspecified atom stereocenters. The van der Waals surface area contributed by atoms with Gasteiger partial charge in [0.2, 0.25) is 15.9 Å². The second kappa shape index (κ2) is 9.16. The molecule has 2 aromatic rings. The van der Waals surface area contributed by atoms with E-state index in [0.717, 1.165) is 5.56 Å². The number of primary sulfonamides is 1. The Balaban J connectivity index is 1.61. The van der Waals surface area contributed by atoms with E-state index in [-0.39, 0.29) is 22.5 Å². The third-order valence-corrected chi connectivity index (χ3v) is 4.53. The van der Waals surface area contributed by atoms with E-state index in [0.29, 0.717) is 32.4 Å². The summed E-state index contributed by atoms with van der Waals surface area (Å²) in [6.45, 7) is 0.814. The molecule has 1 aromatic carbocycles. The number of amides is 2. The molecule has 9 heteroatoms. The number of furan rings is 1. The largest absolute Gasteiger partial charge is 0.459 e. The predicted molar refractivity (Wildman–Crippen MR) is 94.8 cm³/mol. The molecule has 0 atom stereocenters. The first-order valence-electron chi connectivity index (χ1n) is 8.06. The number of hydrogen-bond acceptors (Lipinski definition) is 5. The summed E-state index contributed by atoms with van der Waals surface area (Å²) in [5.41, 5.74) is 0.892. The first-order chi connectivity index (χ1) is 12.4. The Morgan fingerprint density at radius 2 is 1.77 bits per heavy atom. The minimum absolute atomic E-state index is 0.0573. The molecule has 0 bridgehead atoms. The van der Waals surface area contributed by atoms with E-state index in [1.807, 2.05) is 0 Å². The monoisotopic (exact) mass is 379 g/mol. The van der Waals surface area contributed by atoms with Crippen molar-refractivity contribution in [3.8, 4) is 0 Å². The third-order valence-electron chi connectivity index (χ3n) is 3.60. The highest BCUT2D eigenvalue weighted by atomic mass is 32.2. The van der Waals surface area contributed by atoms with Crippen LogP contribution in [0.4, 0.5) is 0 Å². The Kier molecular flexibility index (Phi) is 6.93. The van der Waals surface area contributed by atoms with Crippen LogP contribution in [0.3, 0.4) is 0 Å². The van der Waals surface area contributed by atoms with Gasteiger partial charge >= 0.3 is 0 Å². The molecule has 1 aromatic heterocycles. The smallest absolute Gasteiger partial charge is 0.286 e. The summed E-state index contributed by atoms with van der Waals surface area (Å²) in [4.78, 5) is 23.4. The number of rotatable bonds is 9. The highest BCUT2D eigenvalue weighted by Crippen LogP contribution is 2.09. The fourth-order valence-electron chi connectivity index (χ4n) is 2.23. The normalized spacial score (nSPS) is 11.1. The Hall–Kier alpha value is -2.65. The first-order valence-corrected chi connectivity index (χ1v) is 9.61. The van der Waals surface area contributed by atoms with Crippen molar-refractivity contribution in [2.24, 2.45) is 5.14 Å². The Morgan fingerprint density at radius 3 is 2.38 bits per heavy atom. The zero-order valence-electron chi connectivity index (χ0n) is 14.1. The summed E-state index contributed by atoms with van der Waals surface area (Å²) in [5, 5.41) is 10.5. The van der Waals surface area contributed by atoms with Crippen LogP contribution in [-0.2, 0) is 21.2 Å². The van der Waals surface area contributed by atoms with Gasteiger partial charge in [0.15, 0.2) is 5.76 Å². The van der Waals surface area contributed by atoms with E-state index in [2.05, 4.69) is 10.6 Å². The average Bonchev–Trinajstić information content (AvgIpc) is 3.13. The zero-order valence-corrected chi connectivity index (χ0v) is 14.9. The number of hydrogen-bond donors (Lipinski definition) is 3. The van der Waals surface area contributed by atoms with E-state index in [1.54, 1.807) is 24.3 Å². The second-order valence-electron chi connectivity index (χ2n) is 5.63.